The highest BCUT2D eigenvalue weighted by Crippen LogP contribution is 2.46. The Morgan fingerprint density at radius 1 is 0.900 bits per heavy atom. The van der Waals surface area contributed by atoms with Crippen LogP contribution in [0.3, 0.4) is 0 Å². The second kappa shape index (κ2) is 6.85. The Balaban J connectivity index is 1.44. The molecule has 5 nitrogen and oxygen atoms in total. The molecule has 0 spiro atoms. The number of carbonyl (C=O) groups excluding carboxylic acids is 1. The molecule has 0 atom stereocenters. The van der Waals surface area contributed by atoms with Crippen molar-refractivity contribution in [2.24, 2.45) is 0 Å². The first kappa shape index (κ1) is 17.5. The van der Waals surface area contributed by atoms with Gasteiger partial charge in [0.05, 0.1) is 11.3 Å². The molecule has 146 valence electrons. The average Bonchev–Trinajstić information content (AvgIpc) is 3.51. The fourth-order valence-corrected chi connectivity index (χ4v) is 4.86. The lowest BCUT2D eigenvalue weighted by molar-refractivity contribution is 0.0982. The zero-order valence-electron chi connectivity index (χ0n) is 16.0. The largest absolute Gasteiger partial charge is 0.334 e. The van der Waals surface area contributed by atoms with Crippen molar-refractivity contribution in [3.05, 3.63) is 78.4 Å². The molecule has 2 aliphatic rings. The molecule has 0 N–H and O–H groups in total. The van der Waals surface area contributed by atoms with Crippen molar-refractivity contribution in [1.29, 1.82) is 0 Å². The number of carbonyl (C=O) groups is 1. The van der Waals surface area contributed by atoms with Gasteiger partial charge in [-0.05, 0) is 55.3 Å². The van der Waals surface area contributed by atoms with E-state index in [-0.39, 0.29) is 11.9 Å². The molecule has 6 rings (SSSR count). The number of amides is 1. The summed E-state index contributed by atoms with van der Waals surface area (Å²) in [5, 5.41) is 4.19. The van der Waals surface area contributed by atoms with E-state index >= 15 is 0 Å². The number of anilines is 1. The highest BCUT2D eigenvalue weighted by Gasteiger charge is 2.38. The maximum absolute atomic E-state index is 13.3. The zero-order chi connectivity index (χ0) is 20.1. The number of nitrogens with zero attached hydrogens (tertiary/aromatic N) is 3. The summed E-state index contributed by atoms with van der Waals surface area (Å²) in [6, 6.07) is 23.9. The Morgan fingerprint density at radius 3 is 2.53 bits per heavy atom. The van der Waals surface area contributed by atoms with E-state index in [0.29, 0.717) is 11.7 Å². The molecular formula is C24H17N3O2S. The van der Waals surface area contributed by atoms with Gasteiger partial charge in [0.1, 0.15) is 0 Å². The van der Waals surface area contributed by atoms with E-state index in [2.05, 4.69) is 16.2 Å². The van der Waals surface area contributed by atoms with Gasteiger partial charge in [0.15, 0.2) is 0 Å². The van der Waals surface area contributed by atoms with Gasteiger partial charge in [-0.25, -0.2) is 0 Å². The Morgan fingerprint density at radius 2 is 1.70 bits per heavy atom. The van der Waals surface area contributed by atoms with E-state index in [1.54, 1.807) is 11.8 Å². The first-order valence-electron chi connectivity index (χ1n) is 9.92. The molecule has 1 aromatic heterocycles. The summed E-state index contributed by atoms with van der Waals surface area (Å²) < 4.78 is 5.48. The summed E-state index contributed by atoms with van der Waals surface area (Å²) >= 11 is 1.62. The smallest absolute Gasteiger partial charge is 0.259 e. The molecule has 0 unspecified atom stereocenters. The Labute approximate surface area is 177 Å². The van der Waals surface area contributed by atoms with Gasteiger partial charge in [-0.1, -0.05) is 47.3 Å². The van der Waals surface area contributed by atoms with Crippen molar-refractivity contribution in [2.75, 3.05) is 4.90 Å². The van der Waals surface area contributed by atoms with Gasteiger partial charge in [-0.2, -0.15) is 4.98 Å². The van der Waals surface area contributed by atoms with Crippen LogP contribution in [-0.2, 0) is 0 Å². The van der Waals surface area contributed by atoms with Crippen molar-refractivity contribution in [1.82, 2.24) is 10.1 Å². The Kier molecular flexibility index (Phi) is 3.99. The van der Waals surface area contributed by atoms with E-state index in [4.69, 9.17) is 4.52 Å². The number of rotatable bonds is 3. The molecule has 0 bridgehead atoms. The van der Waals surface area contributed by atoms with Gasteiger partial charge in [-0.3, -0.25) is 4.79 Å². The summed E-state index contributed by atoms with van der Waals surface area (Å²) in [5.41, 5.74) is 3.48. The van der Waals surface area contributed by atoms with E-state index in [9.17, 15) is 4.79 Å². The van der Waals surface area contributed by atoms with Gasteiger partial charge in [-0.15, -0.1) is 0 Å². The second-order valence-electron chi connectivity index (χ2n) is 7.48. The van der Waals surface area contributed by atoms with Crippen LogP contribution in [0.5, 0.6) is 0 Å². The van der Waals surface area contributed by atoms with Crippen LogP contribution < -0.4 is 4.90 Å². The normalized spacial score (nSPS) is 15.5. The predicted molar refractivity (Wildman–Crippen MR) is 116 cm³/mol. The van der Waals surface area contributed by atoms with Crippen molar-refractivity contribution < 1.29 is 9.32 Å². The van der Waals surface area contributed by atoms with Crippen LogP contribution in [0.4, 0.5) is 5.69 Å². The molecule has 1 fully saturated rings. The maximum atomic E-state index is 13.3. The molecule has 1 aliphatic carbocycles. The Bertz CT molecular complexity index is 1260. The first-order chi connectivity index (χ1) is 14.8. The van der Waals surface area contributed by atoms with E-state index in [0.717, 1.165) is 45.0 Å². The van der Waals surface area contributed by atoms with Gasteiger partial charge in [0, 0.05) is 27.0 Å². The predicted octanol–water partition coefficient (Wildman–Crippen LogP) is 5.68. The summed E-state index contributed by atoms with van der Waals surface area (Å²) in [4.78, 5) is 21.8. The fourth-order valence-electron chi connectivity index (χ4n) is 3.76. The topological polar surface area (TPSA) is 59.2 Å². The minimum Gasteiger partial charge on any atom is -0.334 e. The second-order valence-corrected chi connectivity index (χ2v) is 8.56. The maximum Gasteiger partial charge on any atom is 0.259 e. The highest BCUT2D eigenvalue weighted by atomic mass is 32.2. The van der Waals surface area contributed by atoms with Crippen LogP contribution in [-0.4, -0.2) is 22.1 Å². The van der Waals surface area contributed by atoms with E-state index in [1.807, 2.05) is 71.6 Å². The van der Waals surface area contributed by atoms with E-state index < -0.39 is 0 Å². The molecule has 2 heterocycles. The Hall–Kier alpha value is -3.38. The van der Waals surface area contributed by atoms with Crippen LogP contribution in [0.25, 0.3) is 22.8 Å². The standard InChI is InChI=1S/C24H17N3O2S/c28-24-18-8-4-5-9-20(18)30-21-14-16(10-13-19(21)27(24)17-11-12-17)22-25-23(29-26-22)15-6-2-1-3-7-15/h1-10,13-14,17H,11-12H2. The lowest BCUT2D eigenvalue weighted by Gasteiger charge is -2.22. The third-order valence-electron chi connectivity index (χ3n) is 5.39. The van der Waals surface area contributed by atoms with Gasteiger partial charge < -0.3 is 9.42 Å². The molecule has 1 amide bonds. The average molecular weight is 411 g/mol. The molecule has 30 heavy (non-hydrogen) atoms. The van der Waals surface area contributed by atoms with Crippen LogP contribution in [0.2, 0.25) is 0 Å². The van der Waals surface area contributed by atoms with Crippen molar-refractivity contribution >= 4 is 23.4 Å². The van der Waals surface area contributed by atoms with Crippen LogP contribution >= 0.6 is 11.8 Å². The lowest BCUT2D eigenvalue weighted by Crippen LogP contribution is -2.32. The molecule has 6 heteroatoms. The third kappa shape index (κ3) is 2.92. The molecule has 1 saturated carbocycles. The van der Waals surface area contributed by atoms with Gasteiger partial charge in [0.25, 0.3) is 11.8 Å². The number of benzene rings is 3. The quantitative estimate of drug-likeness (QED) is 0.434. The minimum atomic E-state index is 0.0815. The summed E-state index contributed by atoms with van der Waals surface area (Å²) in [6.45, 7) is 0. The van der Waals surface area contributed by atoms with E-state index in [1.165, 1.54) is 0 Å². The van der Waals surface area contributed by atoms with Gasteiger partial charge >= 0.3 is 0 Å². The molecular weight excluding hydrogens is 394 g/mol. The summed E-state index contributed by atoms with van der Waals surface area (Å²) in [5.74, 6) is 1.12. The minimum absolute atomic E-state index is 0.0815. The number of hydrogen-bond donors (Lipinski definition) is 0. The SMILES string of the molecule is O=C1c2ccccc2Sc2cc(-c3noc(-c4ccccc4)n3)ccc2N1C1CC1. The molecule has 0 saturated heterocycles. The van der Waals surface area contributed by atoms with Crippen molar-refractivity contribution in [2.45, 2.75) is 28.7 Å². The van der Waals surface area contributed by atoms with Crippen molar-refractivity contribution in [3.8, 4) is 22.8 Å². The monoisotopic (exact) mass is 411 g/mol. The molecule has 3 aromatic carbocycles. The lowest BCUT2D eigenvalue weighted by atomic mass is 10.1. The first-order valence-corrected chi connectivity index (χ1v) is 10.7. The third-order valence-corrected chi connectivity index (χ3v) is 6.52. The molecule has 1 aliphatic heterocycles. The summed E-state index contributed by atoms with van der Waals surface area (Å²) in [6.07, 6.45) is 2.09. The number of fused-ring (bicyclic) bond motifs is 2. The fraction of sp³-hybridized carbons (Fsp3) is 0.125. The van der Waals surface area contributed by atoms with Crippen LogP contribution in [0, 0.1) is 0 Å². The summed E-state index contributed by atoms with van der Waals surface area (Å²) in [7, 11) is 0. The molecule has 4 aromatic rings. The highest BCUT2D eigenvalue weighted by molar-refractivity contribution is 7.99. The van der Waals surface area contributed by atoms with Crippen molar-refractivity contribution in [3.63, 3.8) is 0 Å². The van der Waals surface area contributed by atoms with Crippen LogP contribution in [0.15, 0.2) is 87.1 Å². The molecule has 0 radical (unpaired) electrons. The number of hydrogen-bond acceptors (Lipinski definition) is 5. The zero-order valence-corrected chi connectivity index (χ0v) is 16.8. The number of aromatic nitrogens is 2. The van der Waals surface area contributed by atoms with Gasteiger partial charge in [0.2, 0.25) is 5.82 Å². The van der Waals surface area contributed by atoms with Crippen LogP contribution in [0.1, 0.15) is 23.2 Å².